The quantitative estimate of drug-likeness (QED) is 0.835. The third kappa shape index (κ3) is 2.41. The highest BCUT2D eigenvalue weighted by Crippen LogP contribution is 2.26. The Labute approximate surface area is 99.9 Å². The third-order valence-corrected chi connectivity index (χ3v) is 2.38. The maximum Gasteiger partial charge on any atom is 0.169 e. The molecule has 2 aromatic rings. The predicted octanol–water partition coefficient (Wildman–Crippen LogP) is 0.996. The summed E-state index contributed by atoms with van der Waals surface area (Å²) in [5, 5.41) is 7.95. The minimum atomic E-state index is -0.109. The first kappa shape index (κ1) is 11.5. The Kier molecular flexibility index (Phi) is 2.79. The van der Waals surface area contributed by atoms with Gasteiger partial charge in [0.25, 0.3) is 0 Å². The van der Waals surface area contributed by atoms with E-state index >= 15 is 0 Å². The summed E-state index contributed by atoms with van der Waals surface area (Å²) in [6.07, 6.45) is 3.42. The van der Waals surface area contributed by atoms with Gasteiger partial charge in [-0.15, -0.1) is 5.10 Å². The number of hydrogen-bond donors (Lipinski definition) is 1. The van der Waals surface area contributed by atoms with Gasteiger partial charge in [0.2, 0.25) is 0 Å². The van der Waals surface area contributed by atoms with Gasteiger partial charge >= 0.3 is 0 Å². The fourth-order valence-electron chi connectivity index (χ4n) is 1.75. The first-order valence-corrected chi connectivity index (χ1v) is 5.44. The molecular formula is C11H16N6. The van der Waals surface area contributed by atoms with Gasteiger partial charge in [0.05, 0.1) is 5.69 Å². The molecule has 2 aromatic heterocycles. The average Bonchev–Trinajstić information content (AvgIpc) is 2.60. The van der Waals surface area contributed by atoms with Gasteiger partial charge in [-0.1, -0.05) is 26.0 Å². The number of hydrogen-bond acceptors (Lipinski definition) is 5. The molecular weight excluding hydrogens is 216 g/mol. The van der Waals surface area contributed by atoms with E-state index in [1.54, 1.807) is 23.1 Å². The second-order valence-corrected chi connectivity index (χ2v) is 4.90. The van der Waals surface area contributed by atoms with Crippen LogP contribution in [0.3, 0.4) is 0 Å². The van der Waals surface area contributed by atoms with Crippen molar-refractivity contribution in [3.63, 3.8) is 0 Å². The monoisotopic (exact) mass is 232 g/mol. The van der Waals surface area contributed by atoms with Crippen LogP contribution in [0, 0.1) is 0 Å². The number of anilines is 1. The highest BCUT2D eigenvalue weighted by molar-refractivity contribution is 5.38. The topological polar surface area (TPSA) is 82.5 Å². The van der Waals surface area contributed by atoms with E-state index in [4.69, 9.17) is 5.73 Å². The maximum atomic E-state index is 5.85. The van der Waals surface area contributed by atoms with Crippen molar-refractivity contribution in [1.29, 1.82) is 0 Å². The Morgan fingerprint density at radius 2 is 1.88 bits per heavy atom. The molecule has 0 atom stereocenters. The molecule has 0 bridgehead atoms. The molecule has 0 spiro atoms. The molecule has 2 N–H and O–H groups in total. The zero-order chi connectivity index (χ0) is 12.5. The van der Waals surface area contributed by atoms with Gasteiger partial charge in [0.1, 0.15) is 12.4 Å². The van der Waals surface area contributed by atoms with Gasteiger partial charge < -0.3 is 5.73 Å². The van der Waals surface area contributed by atoms with E-state index in [1.807, 2.05) is 0 Å². The van der Waals surface area contributed by atoms with E-state index in [0.717, 1.165) is 5.69 Å². The molecule has 0 aliphatic carbocycles. The molecule has 0 saturated carbocycles. The number of rotatable bonds is 2. The van der Waals surface area contributed by atoms with E-state index in [2.05, 4.69) is 41.1 Å². The van der Waals surface area contributed by atoms with Gasteiger partial charge in [-0.05, 0) is 6.07 Å². The van der Waals surface area contributed by atoms with Crippen LogP contribution in [0.15, 0.2) is 18.5 Å². The van der Waals surface area contributed by atoms with Crippen molar-refractivity contribution < 1.29 is 0 Å². The summed E-state index contributed by atoms with van der Waals surface area (Å²) in [6, 6.07) is 1.78. The maximum absolute atomic E-state index is 5.85. The molecule has 90 valence electrons. The van der Waals surface area contributed by atoms with Crippen LogP contribution >= 0.6 is 0 Å². The number of nitrogen functional groups attached to an aromatic ring is 1. The Hall–Kier alpha value is -1.98. The summed E-state index contributed by atoms with van der Waals surface area (Å²) in [6.45, 7) is 6.71. The molecule has 0 amide bonds. The summed E-state index contributed by atoms with van der Waals surface area (Å²) >= 11 is 0. The summed E-state index contributed by atoms with van der Waals surface area (Å²) in [5.74, 6) is 1.16. The predicted molar refractivity (Wildman–Crippen MR) is 64.3 cm³/mol. The van der Waals surface area contributed by atoms with Crippen LogP contribution in [0.5, 0.6) is 0 Å². The van der Waals surface area contributed by atoms with Gasteiger partial charge in [-0.2, -0.15) is 0 Å². The van der Waals surface area contributed by atoms with Crippen LogP contribution < -0.4 is 5.73 Å². The van der Waals surface area contributed by atoms with Crippen LogP contribution in [0.1, 0.15) is 32.3 Å². The average molecular weight is 232 g/mol. The van der Waals surface area contributed by atoms with Gasteiger partial charge in [-0.25, -0.2) is 14.6 Å². The highest BCUT2D eigenvalue weighted by Gasteiger charge is 2.24. The highest BCUT2D eigenvalue weighted by atomic mass is 15.4. The number of aromatic nitrogens is 5. The lowest BCUT2D eigenvalue weighted by atomic mass is 9.92. The van der Waals surface area contributed by atoms with E-state index < -0.39 is 0 Å². The smallest absolute Gasteiger partial charge is 0.169 e. The van der Waals surface area contributed by atoms with Crippen molar-refractivity contribution in [2.45, 2.75) is 32.7 Å². The van der Waals surface area contributed by atoms with Crippen LogP contribution in [0.2, 0.25) is 0 Å². The van der Waals surface area contributed by atoms with E-state index in [1.165, 1.54) is 0 Å². The minimum Gasteiger partial charge on any atom is -0.381 e. The van der Waals surface area contributed by atoms with Crippen molar-refractivity contribution in [2.75, 3.05) is 5.73 Å². The molecule has 2 heterocycles. The molecule has 0 aromatic carbocycles. The van der Waals surface area contributed by atoms with Crippen LogP contribution in [0.25, 0.3) is 0 Å². The molecule has 6 heteroatoms. The second-order valence-electron chi connectivity index (χ2n) is 4.90. The lowest BCUT2D eigenvalue weighted by Crippen LogP contribution is -2.21. The first-order valence-electron chi connectivity index (χ1n) is 5.44. The van der Waals surface area contributed by atoms with Crippen molar-refractivity contribution >= 4 is 5.82 Å². The van der Waals surface area contributed by atoms with E-state index in [9.17, 15) is 0 Å². The van der Waals surface area contributed by atoms with Crippen molar-refractivity contribution in [3.8, 4) is 0 Å². The number of nitrogens with zero attached hydrogens (tertiary/aromatic N) is 5. The minimum absolute atomic E-state index is 0.109. The van der Waals surface area contributed by atoms with Crippen LogP contribution in [-0.2, 0) is 12.0 Å². The summed E-state index contributed by atoms with van der Waals surface area (Å²) < 4.78 is 1.75. The van der Waals surface area contributed by atoms with Crippen molar-refractivity contribution in [1.82, 2.24) is 25.0 Å². The van der Waals surface area contributed by atoms with Crippen molar-refractivity contribution in [2.24, 2.45) is 0 Å². The molecule has 0 radical (unpaired) electrons. The first-order chi connectivity index (χ1) is 7.98. The van der Waals surface area contributed by atoms with Crippen molar-refractivity contribution in [3.05, 3.63) is 30.0 Å². The van der Waals surface area contributed by atoms with Crippen LogP contribution in [0.4, 0.5) is 5.82 Å². The zero-order valence-electron chi connectivity index (χ0n) is 10.3. The molecule has 0 unspecified atom stereocenters. The van der Waals surface area contributed by atoms with E-state index in [0.29, 0.717) is 18.2 Å². The molecule has 0 fully saturated rings. The summed E-state index contributed by atoms with van der Waals surface area (Å²) in [4.78, 5) is 8.33. The second kappa shape index (κ2) is 4.12. The van der Waals surface area contributed by atoms with Gasteiger partial charge in [0, 0.05) is 17.8 Å². The molecule has 2 rings (SSSR count). The SMILES string of the molecule is CC(C)(C)c1c(N)nnn1Cc1ncccn1. The molecule has 0 saturated heterocycles. The molecule has 6 nitrogen and oxygen atoms in total. The molecule has 0 aliphatic heterocycles. The molecule has 0 aliphatic rings. The van der Waals surface area contributed by atoms with Gasteiger partial charge in [-0.3, -0.25) is 0 Å². The standard InChI is InChI=1S/C11H16N6/c1-11(2,3)9-10(12)15-16-17(9)7-8-13-5-4-6-14-8/h4-6H,7,12H2,1-3H3. The van der Waals surface area contributed by atoms with Gasteiger partial charge in [0.15, 0.2) is 5.82 Å². The lowest BCUT2D eigenvalue weighted by Gasteiger charge is -2.19. The van der Waals surface area contributed by atoms with E-state index in [-0.39, 0.29) is 5.41 Å². The Bertz CT molecular complexity index is 496. The Morgan fingerprint density at radius 3 is 2.47 bits per heavy atom. The largest absolute Gasteiger partial charge is 0.381 e. The Balaban J connectivity index is 2.35. The molecule has 17 heavy (non-hydrogen) atoms. The summed E-state index contributed by atoms with van der Waals surface area (Å²) in [7, 11) is 0. The fraction of sp³-hybridized carbons (Fsp3) is 0.455. The fourth-order valence-corrected chi connectivity index (χ4v) is 1.75. The normalized spacial score (nSPS) is 11.7. The van der Waals surface area contributed by atoms with Crippen LogP contribution in [-0.4, -0.2) is 25.0 Å². The Morgan fingerprint density at radius 1 is 1.24 bits per heavy atom. The summed E-state index contributed by atoms with van der Waals surface area (Å²) in [5.41, 5.74) is 6.64. The third-order valence-electron chi connectivity index (χ3n) is 2.38. The lowest BCUT2D eigenvalue weighted by molar-refractivity contribution is 0.496. The number of nitrogens with two attached hydrogens (primary N) is 1. The zero-order valence-corrected chi connectivity index (χ0v) is 10.3.